The van der Waals surface area contributed by atoms with Crippen molar-refractivity contribution in [1.29, 1.82) is 0 Å². The van der Waals surface area contributed by atoms with Gasteiger partial charge in [0.2, 0.25) is 5.13 Å². The van der Waals surface area contributed by atoms with E-state index in [4.69, 9.17) is 0 Å². The Labute approximate surface area is 197 Å². The van der Waals surface area contributed by atoms with E-state index in [0.29, 0.717) is 0 Å². The Morgan fingerprint density at radius 1 is 1.30 bits per heavy atom. The quantitative estimate of drug-likeness (QED) is 0.294. The number of H-pyrrole nitrogens is 1. The molecule has 0 saturated carbocycles. The number of piperazine rings is 1. The smallest absolute Gasteiger partial charge is 0.205 e. The topological polar surface area (TPSA) is 72.4 Å². The standard InChI is InChI=1S/C20H26FN7S.HI/c1-3-18-25-20(29-26-18)28-10-8-27(9-11-28)19(22-2)23-7-6-14-13-24-17-12-15(21)4-5-16(14)17;/h4-5,12-13,24H,3,6-11H2,1-2H3,(H,22,23);1H. The second kappa shape index (κ2) is 10.4. The number of aromatic amines is 1. The maximum Gasteiger partial charge on any atom is 0.205 e. The first-order valence-electron chi connectivity index (χ1n) is 9.96. The number of nitrogens with one attached hydrogen (secondary N) is 2. The van der Waals surface area contributed by atoms with Crippen LogP contribution >= 0.6 is 35.5 Å². The molecule has 10 heteroatoms. The van der Waals surface area contributed by atoms with Gasteiger partial charge in [0.25, 0.3) is 0 Å². The van der Waals surface area contributed by atoms with Gasteiger partial charge < -0.3 is 20.1 Å². The van der Waals surface area contributed by atoms with Crippen molar-refractivity contribution in [2.24, 2.45) is 4.99 Å². The van der Waals surface area contributed by atoms with E-state index in [1.54, 1.807) is 0 Å². The highest BCUT2D eigenvalue weighted by Crippen LogP contribution is 2.20. The molecule has 0 bridgehead atoms. The van der Waals surface area contributed by atoms with E-state index in [0.717, 1.165) is 73.4 Å². The lowest BCUT2D eigenvalue weighted by molar-refractivity contribution is 0.372. The lowest BCUT2D eigenvalue weighted by Crippen LogP contribution is -2.52. The zero-order valence-electron chi connectivity index (χ0n) is 17.2. The second-order valence-corrected chi connectivity index (χ2v) is 7.78. The number of rotatable bonds is 5. The van der Waals surface area contributed by atoms with Crippen LogP contribution in [0.2, 0.25) is 0 Å². The van der Waals surface area contributed by atoms with Crippen LogP contribution < -0.4 is 10.2 Å². The predicted molar refractivity (Wildman–Crippen MR) is 132 cm³/mol. The van der Waals surface area contributed by atoms with Crippen molar-refractivity contribution < 1.29 is 4.39 Å². The molecule has 1 saturated heterocycles. The normalized spacial score (nSPS) is 14.8. The number of halogens is 2. The molecule has 0 spiro atoms. The van der Waals surface area contributed by atoms with Crippen molar-refractivity contribution >= 4 is 57.5 Å². The van der Waals surface area contributed by atoms with Crippen LogP contribution in [0.3, 0.4) is 0 Å². The Balaban J connectivity index is 0.00000256. The van der Waals surface area contributed by atoms with Crippen LogP contribution in [0.15, 0.2) is 29.4 Å². The van der Waals surface area contributed by atoms with Crippen molar-refractivity contribution in [3.8, 4) is 0 Å². The van der Waals surface area contributed by atoms with E-state index < -0.39 is 0 Å². The average Bonchev–Trinajstić information content (AvgIpc) is 3.38. The minimum atomic E-state index is -0.219. The molecule has 162 valence electrons. The Kier molecular flexibility index (Phi) is 7.87. The van der Waals surface area contributed by atoms with E-state index in [1.165, 1.54) is 29.2 Å². The number of hydrogen-bond acceptors (Lipinski definition) is 5. The van der Waals surface area contributed by atoms with E-state index in [2.05, 4.69) is 41.4 Å². The van der Waals surface area contributed by atoms with E-state index in [9.17, 15) is 4.39 Å². The molecule has 4 rings (SSSR count). The van der Waals surface area contributed by atoms with Crippen molar-refractivity contribution in [3.63, 3.8) is 0 Å². The molecule has 7 nitrogen and oxygen atoms in total. The van der Waals surface area contributed by atoms with Gasteiger partial charge in [0, 0.05) is 74.8 Å². The van der Waals surface area contributed by atoms with Crippen LogP contribution in [0.1, 0.15) is 18.3 Å². The van der Waals surface area contributed by atoms with Crippen LogP contribution in [0.4, 0.5) is 9.52 Å². The van der Waals surface area contributed by atoms with Crippen molar-refractivity contribution in [1.82, 2.24) is 24.6 Å². The zero-order chi connectivity index (χ0) is 20.2. The van der Waals surface area contributed by atoms with E-state index in [1.807, 2.05) is 19.3 Å². The number of aromatic nitrogens is 3. The highest BCUT2D eigenvalue weighted by Gasteiger charge is 2.22. The number of fused-ring (bicyclic) bond motifs is 1. The third-order valence-corrected chi connectivity index (χ3v) is 6.06. The summed E-state index contributed by atoms with van der Waals surface area (Å²) < 4.78 is 17.7. The Morgan fingerprint density at radius 3 is 2.80 bits per heavy atom. The largest absolute Gasteiger partial charge is 0.361 e. The van der Waals surface area contributed by atoms with Gasteiger partial charge in [-0.1, -0.05) is 6.92 Å². The van der Waals surface area contributed by atoms with Crippen LogP contribution in [0.5, 0.6) is 0 Å². The number of aryl methyl sites for hydroxylation is 1. The van der Waals surface area contributed by atoms with E-state index >= 15 is 0 Å². The summed E-state index contributed by atoms with van der Waals surface area (Å²) in [6, 6.07) is 4.88. The number of hydrogen-bond donors (Lipinski definition) is 2. The summed E-state index contributed by atoms with van der Waals surface area (Å²) in [5, 5.41) is 5.55. The third-order valence-electron chi connectivity index (χ3n) is 5.24. The first-order chi connectivity index (χ1) is 14.2. The Morgan fingerprint density at radius 2 is 2.10 bits per heavy atom. The van der Waals surface area contributed by atoms with Gasteiger partial charge in [0.15, 0.2) is 5.96 Å². The molecule has 2 aromatic heterocycles. The van der Waals surface area contributed by atoms with Crippen molar-refractivity contribution in [3.05, 3.63) is 41.6 Å². The molecule has 1 aliphatic rings. The van der Waals surface area contributed by atoms with Gasteiger partial charge in [-0.25, -0.2) is 9.37 Å². The lowest BCUT2D eigenvalue weighted by atomic mass is 10.1. The van der Waals surface area contributed by atoms with Crippen LogP contribution in [0.25, 0.3) is 10.9 Å². The fourth-order valence-corrected chi connectivity index (χ4v) is 4.43. The molecule has 0 atom stereocenters. The highest BCUT2D eigenvalue weighted by molar-refractivity contribution is 14.0. The summed E-state index contributed by atoms with van der Waals surface area (Å²) in [6.45, 7) is 6.46. The van der Waals surface area contributed by atoms with Gasteiger partial charge in [-0.05, 0) is 30.2 Å². The van der Waals surface area contributed by atoms with Crippen LogP contribution in [-0.2, 0) is 12.8 Å². The summed E-state index contributed by atoms with van der Waals surface area (Å²) >= 11 is 1.48. The molecule has 1 fully saturated rings. The van der Waals surface area contributed by atoms with Gasteiger partial charge in [0.05, 0.1) is 0 Å². The first-order valence-corrected chi connectivity index (χ1v) is 10.7. The van der Waals surface area contributed by atoms with Crippen LogP contribution in [-0.4, -0.2) is 65.0 Å². The predicted octanol–water partition coefficient (Wildman–Crippen LogP) is 3.28. The Hall–Kier alpha value is -1.95. The van der Waals surface area contributed by atoms with Gasteiger partial charge >= 0.3 is 0 Å². The Bertz CT molecular complexity index is 994. The molecule has 2 N–H and O–H groups in total. The maximum absolute atomic E-state index is 13.3. The number of anilines is 1. The molecule has 0 radical (unpaired) electrons. The SMILES string of the molecule is CCc1nsc(N2CCN(C(=NC)NCCc3c[nH]c4cc(F)ccc34)CC2)n1.I. The summed E-state index contributed by atoms with van der Waals surface area (Å²) in [4.78, 5) is 16.8. The lowest BCUT2D eigenvalue weighted by Gasteiger charge is -2.36. The molecule has 0 unspecified atom stereocenters. The zero-order valence-corrected chi connectivity index (χ0v) is 20.3. The minimum Gasteiger partial charge on any atom is -0.361 e. The fraction of sp³-hybridized carbons (Fsp3) is 0.450. The monoisotopic (exact) mass is 543 g/mol. The number of guanidine groups is 1. The summed E-state index contributed by atoms with van der Waals surface area (Å²) in [7, 11) is 1.82. The summed E-state index contributed by atoms with van der Waals surface area (Å²) in [5.41, 5.74) is 2.01. The molecule has 1 aliphatic heterocycles. The van der Waals surface area contributed by atoms with Gasteiger partial charge in [-0.3, -0.25) is 4.99 Å². The summed E-state index contributed by atoms with van der Waals surface area (Å²) in [6.07, 6.45) is 3.67. The van der Waals surface area contributed by atoms with E-state index in [-0.39, 0.29) is 29.8 Å². The average molecular weight is 543 g/mol. The van der Waals surface area contributed by atoms with Gasteiger partial charge in [-0.15, -0.1) is 24.0 Å². The van der Waals surface area contributed by atoms with Crippen LogP contribution in [0, 0.1) is 5.82 Å². The van der Waals surface area contributed by atoms with Crippen molar-refractivity contribution in [2.75, 3.05) is 44.7 Å². The molecule has 30 heavy (non-hydrogen) atoms. The molecule has 1 aromatic carbocycles. The second-order valence-electron chi connectivity index (χ2n) is 7.05. The minimum absolute atomic E-state index is 0. The van der Waals surface area contributed by atoms with Crippen molar-refractivity contribution in [2.45, 2.75) is 19.8 Å². The third kappa shape index (κ3) is 5.02. The molecule has 0 aliphatic carbocycles. The number of nitrogens with zero attached hydrogens (tertiary/aromatic N) is 5. The van der Waals surface area contributed by atoms with Gasteiger partial charge in [0.1, 0.15) is 11.6 Å². The molecular formula is C20H27FIN7S. The number of benzene rings is 1. The molecular weight excluding hydrogens is 516 g/mol. The molecule has 3 aromatic rings. The number of aliphatic imine (C=N–C) groups is 1. The maximum atomic E-state index is 13.3. The fourth-order valence-electron chi connectivity index (χ4n) is 3.63. The highest BCUT2D eigenvalue weighted by atomic mass is 127. The summed E-state index contributed by atoms with van der Waals surface area (Å²) in [5.74, 6) is 1.62. The molecule has 0 amide bonds. The molecule has 3 heterocycles. The van der Waals surface area contributed by atoms with Gasteiger partial charge in [-0.2, -0.15) is 4.37 Å². The first kappa shape index (κ1) is 22.7.